The van der Waals surface area contributed by atoms with Gasteiger partial charge in [-0.15, -0.1) is 0 Å². The molecule has 4 nitrogen and oxygen atoms in total. The average Bonchev–Trinajstić information content (AvgIpc) is 2.10. The largest absolute Gasteiger partial charge is 0.508 e. The number of hydrogen-bond acceptors (Lipinski definition) is 3. The Labute approximate surface area is 88.9 Å². The molecule has 0 aliphatic heterocycles. The Bertz CT molecular complexity index is 361. The van der Waals surface area contributed by atoms with Crippen molar-refractivity contribution in [1.29, 1.82) is 0 Å². The van der Waals surface area contributed by atoms with Gasteiger partial charge in [0.25, 0.3) is 0 Å². The standard InChI is InChI=1S/C11H15NO3/c1-7(2)15-11(14)12-9-4-5-10(13)8(3)6-9/h4-7,13H,1-3H3,(H,12,14). The van der Waals surface area contributed by atoms with Crippen molar-refractivity contribution in [3.8, 4) is 5.75 Å². The van der Waals surface area contributed by atoms with Gasteiger partial charge in [-0.2, -0.15) is 0 Å². The van der Waals surface area contributed by atoms with Crippen molar-refractivity contribution in [2.75, 3.05) is 5.32 Å². The summed E-state index contributed by atoms with van der Waals surface area (Å²) in [7, 11) is 0. The van der Waals surface area contributed by atoms with Crippen molar-refractivity contribution in [2.45, 2.75) is 26.9 Å². The van der Waals surface area contributed by atoms with Crippen molar-refractivity contribution in [1.82, 2.24) is 0 Å². The van der Waals surface area contributed by atoms with Gasteiger partial charge >= 0.3 is 6.09 Å². The summed E-state index contributed by atoms with van der Waals surface area (Å²) >= 11 is 0. The Balaban J connectivity index is 2.65. The van der Waals surface area contributed by atoms with Crippen molar-refractivity contribution < 1.29 is 14.6 Å². The molecule has 1 rings (SSSR count). The number of anilines is 1. The predicted octanol–water partition coefficient (Wildman–Crippen LogP) is 2.66. The summed E-state index contributed by atoms with van der Waals surface area (Å²) in [6, 6.07) is 4.82. The average molecular weight is 209 g/mol. The number of carbonyl (C=O) groups excluding carboxylic acids is 1. The van der Waals surface area contributed by atoms with Crippen LogP contribution in [-0.4, -0.2) is 17.3 Å². The highest BCUT2D eigenvalue weighted by Crippen LogP contribution is 2.20. The van der Waals surface area contributed by atoms with Gasteiger partial charge in [0, 0.05) is 5.69 Å². The zero-order valence-corrected chi connectivity index (χ0v) is 9.07. The molecule has 1 amide bonds. The van der Waals surface area contributed by atoms with E-state index in [2.05, 4.69) is 5.32 Å². The van der Waals surface area contributed by atoms with Crippen LogP contribution >= 0.6 is 0 Å². The number of aromatic hydroxyl groups is 1. The third kappa shape index (κ3) is 3.50. The van der Waals surface area contributed by atoms with Crippen LogP contribution in [0.1, 0.15) is 19.4 Å². The van der Waals surface area contributed by atoms with E-state index < -0.39 is 6.09 Å². The highest BCUT2D eigenvalue weighted by Gasteiger charge is 2.06. The molecule has 1 aromatic carbocycles. The van der Waals surface area contributed by atoms with E-state index in [1.807, 2.05) is 0 Å². The molecule has 0 saturated carbocycles. The first-order valence-corrected chi connectivity index (χ1v) is 4.76. The second-order valence-corrected chi connectivity index (χ2v) is 3.58. The van der Waals surface area contributed by atoms with Gasteiger partial charge < -0.3 is 9.84 Å². The van der Waals surface area contributed by atoms with Gasteiger partial charge in [-0.3, -0.25) is 5.32 Å². The van der Waals surface area contributed by atoms with E-state index in [0.717, 1.165) is 0 Å². The fourth-order valence-electron chi connectivity index (χ4n) is 1.09. The summed E-state index contributed by atoms with van der Waals surface area (Å²) in [5.41, 5.74) is 1.31. The molecule has 0 atom stereocenters. The summed E-state index contributed by atoms with van der Waals surface area (Å²) in [4.78, 5) is 11.2. The van der Waals surface area contributed by atoms with Crippen LogP contribution in [-0.2, 0) is 4.74 Å². The number of aryl methyl sites for hydroxylation is 1. The van der Waals surface area contributed by atoms with Crippen LogP contribution in [0.5, 0.6) is 5.75 Å². The number of ether oxygens (including phenoxy) is 1. The summed E-state index contributed by atoms with van der Waals surface area (Å²) in [6.07, 6.45) is -0.640. The molecule has 0 radical (unpaired) electrons. The van der Waals surface area contributed by atoms with Crippen molar-refractivity contribution in [3.05, 3.63) is 23.8 Å². The van der Waals surface area contributed by atoms with E-state index in [0.29, 0.717) is 11.3 Å². The Kier molecular flexibility index (Phi) is 3.55. The minimum atomic E-state index is -0.491. The Morgan fingerprint density at radius 2 is 2.13 bits per heavy atom. The lowest BCUT2D eigenvalue weighted by molar-refractivity contribution is 0.130. The second-order valence-electron chi connectivity index (χ2n) is 3.58. The zero-order chi connectivity index (χ0) is 11.4. The Morgan fingerprint density at radius 3 is 2.67 bits per heavy atom. The van der Waals surface area contributed by atoms with Gasteiger partial charge in [-0.25, -0.2) is 4.79 Å². The lowest BCUT2D eigenvalue weighted by Crippen LogP contribution is -2.17. The monoisotopic (exact) mass is 209 g/mol. The summed E-state index contributed by atoms with van der Waals surface area (Å²) in [5, 5.41) is 11.8. The first kappa shape index (κ1) is 11.4. The Morgan fingerprint density at radius 1 is 1.47 bits per heavy atom. The first-order valence-electron chi connectivity index (χ1n) is 4.76. The third-order valence-electron chi connectivity index (χ3n) is 1.79. The highest BCUT2D eigenvalue weighted by molar-refractivity contribution is 5.84. The molecule has 0 bridgehead atoms. The maximum Gasteiger partial charge on any atom is 0.411 e. The van der Waals surface area contributed by atoms with Gasteiger partial charge in [0.2, 0.25) is 0 Å². The topological polar surface area (TPSA) is 58.6 Å². The SMILES string of the molecule is Cc1cc(NC(=O)OC(C)C)ccc1O. The molecule has 0 spiro atoms. The van der Waals surface area contributed by atoms with Crippen LogP contribution in [0.15, 0.2) is 18.2 Å². The van der Waals surface area contributed by atoms with E-state index in [9.17, 15) is 9.90 Å². The van der Waals surface area contributed by atoms with Gasteiger partial charge in [0.1, 0.15) is 5.75 Å². The van der Waals surface area contributed by atoms with Crippen molar-refractivity contribution in [3.63, 3.8) is 0 Å². The van der Waals surface area contributed by atoms with E-state index in [-0.39, 0.29) is 11.9 Å². The fraction of sp³-hybridized carbons (Fsp3) is 0.364. The molecule has 0 fully saturated rings. The van der Waals surface area contributed by atoms with Crippen LogP contribution in [0.2, 0.25) is 0 Å². The van der Waals surface area contributed by atoms with Gasteiger partial charge in [0.15, 0.2) is 0 Å². The minimum absolute atomic E-state index is 0.150. The van der Waals surface area contributed by atoms with E-state index in [1.54, 1.807) is 32.9 Å². The van der Waals surface area contributed by atoms with Crippen LogP contribution in [0.3, 0.4) is 0 Å². The normalized spacial score (nSPS) is 10.1. The quantitative estimate of drug-likeness (QED) is 0.736. The van der Waals surface area contributed by atoms with E-state index in [1.165, 1.54) is 6.07 Å². The molecule has 0 aromatic heterocycles. The number of phenolic OH excluding ortho intramolecular Hbond substituents is 1. The lowest BCUT2D eigenvalue weighted by atomic mass is 10.2. The molecule has 4 heteroatoms. The number of nitrogens with one attached hydrogen (secondary N) is 1. The molecule has 2 N–H and O–H groups in total. The number of benzene rings is 1. The summed E-state index contributed by atoms with van der Waals surface area (Å²) < 4.78 is 4.91. The number of hydrogen-bond donors (Lipinski definition) is 2. The lowest BCUT2D eigenvalue weighted by Gasteiger charge is -2.10. The highest BCUT2D eigenvalue weighted by atomic mass is 16.6. The molecule has 15 heavy (non-hydrogen) atoms. The molecule has 0 aliphatic carbocycles. The van der Waals surface area contributed by atoms with Crippen LogP contribution in [0.4, 0.5) is 10.5 Å². The van der Waals surface area contributed by atoms with E-state index in [4.69, 9.17) is 4.74 Å². The molecular formula is C11H15NO3. The van der Waals surface area contributed by atoms with Gasteiger partial charge in [0.05, 0.1) is 6.10 Å². The predicted molar refractivity (Wildman–Crippen MR) is 58.1 cm³/mol. The van der Waals surface area contributed by atoms with Gasteiger partial charge in [-0.1, -0.05) is 0 Å². The molecule has 0 heterocycles. The summed E-state index contributed by atoms with van der Waals surface area (Å²) in [5.74, 6) is 0.206. The Hall–Kier alpha value is -1.71. The number of amides is 1. The maximum atomic E-state index is 11.2. The number of rotatable bonds is 2. The molecule has 0 saturated heterocycles. The molecular weight excluding hydrogens is 194 g/mol. The number of carbonyl (C=O) groups is 1. The molecule has 0 unspecified atom stereocenters. The van der Waals surface area contributed by atoms with E-state index >= 15 is 0 Å². The van der Waals surface area contributed by atoms with Crippen LogP contribution < -0.4 is 5.32 Å². The van der Waals surface area contributed by atoms with Crippen molar-refractivity contribution >= 4 is 11.8 Å². The summed E-state index contributed by atoms with van der Waals surface area (Å²) in [6.45, 7) is 5.32. The molecule has 1 aromatic rings. The van der Waals surface area contributed by atoms with Crippen LogP contribution in [0, 0.1) is 6.92 Å². The third-order valence-corrected chi connectivity index (χ3v) is 1.79. The second kappa shape index (κ2) is 4.68. The first-order chi connectivity index (χ1) is 6.99. The maximum absolute atomic E-state index is 11.2. The minimum Gasteiger partial charge on any atom is -0.508 e. The van der Waals surface area contributed by atoms with Crippen molar-refractivity contribution in [2.24, 2.45) is 0 Å². The zero-order valence-electron chi connectivity index (χ0n) is 9.07. The smallest absolute Gasteiger partial charge is 0.411 e. The van der Waals surface area contributed by atoms with Gasteiger partial charge in [-0.05, 0) is 44.5 Å². The number of phenols is 1. The van der Waals surface area contributed by atoms with Crippen LogP contribution in [0.25, 0.3) is 0 Å². The molecule has 82 valence electrons. The fourth-order valence-corrected chi connectivity index (χ4v) is 1.09. The molecule has 0 aliphatic rings.